The Hall–Kier alpha value is -0.860. The maximum absolute atomic E-state index is 6.16. The first kappa shape index (κ1) is 13.6. The van der Waals surface area contributed by atoms with E-state index in [4.69, 9.17) is 10.5 Å². The van der Waals surface area contributed by atoms with Crippen molar-refractivity contribution in [3.05, 3.63) is 35.9 Å². The summed E-state index contributed by atoms with van der Waals surface area (Å²) in [6, 6.07) is 10.2. The number of rotatable bonds is 4. The van der Waals surface area contributed by atoms with Crippen molar-refractivity contribution in [1.29, 1.82) is 0 Å². The molecule has 1 saturated carbocycles. The van der Waals surface area contributed by atoms with E-state index in [-0.39, 0.29) is 6.04 Å². The van der Waals surface area contributed by atoms with Crippen LogP contribution >= 0.6 is 0 Å². The molecule has 3 unspecified atom stereocenters. The molecule has 0 aromatic heterocycles. The lowest BCUT2D eigenvalue weighted by Crippen LogP contribution is -2.29. The first-order valence-corrected chi connectivity index (χ1v) is 7.07. The average molecular weight is 247 g/mol. The minimum atomic E-state index is -0.00117. The number of hydrogen-bond donors (Lipinski definition) is 1. The van der Waals surface area contributed by atoms with E-state index < -0.39 is 0 Å². The van der Waals surface area contributed by atoms with Crippen molar-refractivity contribution in [3.63, 3.8) is 0 Å². The summed E-state index contributed by atoms with van der Waals surface area (Å²) in [5.41, 5.74) is 7.32. The third-order valence-electron chi connectivity index (χ3n) is 3.87. The SMILES string of the molecule is CC1CC(C)CC(OCC(N)c2ccccc2)C1. The second-order valence-corrected chi connectivity index (χ2v) is 5.89. The monoisotopic (exact) mass is 247 g/mol. The molecule has 1 aromatic rings. The maximum atomic E-state index is 6.16. The molecule has 1 aliphatic carbocycles. The van der Waals surface area contributed by atoms with Crippen molar-refractivity contribution >= 4 is 0 Å². The van der Waals surface area contributed by atoms with Crippen molar-refractivity contribution in [2.24, 2.45) is 17.6 Å². The van der Waals surface area contributed by atoms with Gasteiger partial charge in [0.05, 0.1) is 18.8 Å². The van der Waals surface area contributed by atoms with Crippen molar-refractivity contribution in [2.45, 2.75) is 45.3 Å². The van der Waals surface area contributed by atoms with Gasteiger partial charge in [0.1, 0.15) is 0 Å². The zero-order chi connectivity index (χ0) is 13.0. The molecule has 2 heteroatoms. The first-order valence-electron chi connectivity index (χ1n) is 7.07. The van der Waals surface area contributed by atoms with Crippen LogP contribution < -0.4 is 5.73 Å². The lowest BCUT2D eigenvalue weighted by atomic mass is 9.82. The fourth-order valence-corrected chi connectivity index (χ4v) is 3.05. The van der Waals surface area contributed by atoms with Crippen LogP contribution in [0.4, 0.5) is 0 Å². The van der Waals surface area contributed by atoms with E-state index in [1.54, 1.807) is 0 Å². The average Bonchev–Trinajstić information content (AvgIpc) is 2.36. The Kier molecular flexibility index (Phi) is 4.79. The van der Waals surface area contributed by atoms with E-state index in [0.717, 1.165) is 17.4 Å². The molecule has 1 aliphatic rings. The van der Waals surface area contributed by atoms with Crippen molar-refractivity contribution in [3.8, 4) is 0 Å². The fraction of sp³-hybridized carbons (Fsp3) is 0.625. The van der Waals surface area contributed by atoms with Gasteiger partial charge in [-0.2, -0.15) is 0 Å². The first-order chi connectivity index (χ1) is 8.65. The van der Waals surface area contributed by atoms with E-state index in [1.165, 1.54) is 19.3 Å². The molecular weight excluding hydrogens is 222 g/mol. The van der Waals surface area contributed by atoms with Gasteiger partial charge in [-0.1, -0.05) is 44.2 Å². The Morgan fingerprint density at radius 3 is 2.33 bits per heavy atom. The van der Waals surface area contributed by atoms with Crippen LogP contribution in [0.5, 0.6) is 0 Å². The summed E-state index contributed by atoms with van der Waals surface area (Å²) in [6.07, 6.45) is 4.11. The fourth-order valence-electron chi connectivity index (χ4n) is 3.05. The number of ether oxygens (including phenoxy) is 1. The molecule has 0 aliphatic heterocycles. The topological polar surface area (TPSA) is 35.2 Å². The summed E-state index contributed by atoms with van der Waals surface area (Å²) >= 11 is 0. The molecule has 0 bridgehead atoms. The summed E-state index contributed by atoms with van der Waals surface area (Å²) in [7, 11) is 0. The molecule has 3 atom stereocenters. The second kappa shape index (κ2) is 6.35. The van der Waals surface area contributed by atoms with Gasteiger partial charge in [0, 0.05) is 0 Å². The normalized spacial score (nSPS) is 30.1. The van der Waals surface area contributed by atoms with Crippen LogP contribution in [-0.4, -0.2) is 12.7 Å². The zero-order valence-electron chi connectivity index (χ0n) is 11.5. The summed E-state index contributed by atoms with van der Waals surface area (Å²) in [4.78, 5) is 0. The molecule has 2 N–H and O–H groups in total. The number of benzene rings is 1. The highest BCUT2D eigenvalue weighted by Gasteiger charge is 2.24. The highest BCUT2D eigenvalue weighted by molar-refractivity contribution is 5.18. The van der Waals surface area contributed by atoms with Gasteiger partial charge in [-0.15, -0.1) is 0 Å². The van der Waals surface area contributed by atoms with Gasteiger partial charge in [-0.3, -0.25) is 0 Å². The molecule has 2 nitrogen and oxygen atoms in total. The van der Waals surface area contributed by atoms with Crippen LogP contribution in [-0.2, 0) is 4.74 Å². The summed E-state index contributed by atoms with van der Waals surface area (Å²) in [5.74, 6) is 1.57. The second-order valence-electron chi connectivity index (χ2n) is 5.89. The Morgan fingerprint density at radius 1 is 1.11 bits per heavy atom. The number of nitrogens with two attached hydrogens (primary N) is 1. The molecular formula is C16H25NO. The van der Waals surface area contributed by atoms with Gasteiger partial charge in [0.2, 0.25) is 0 Å². The van der Waals surface area contributed by atoms with E-state index in [1.807, 2.05) is 18.2 Å². The minimum absolute atomic E-state index is 0.00117. The lowest BCUT2D eigenvalue weighted by Gasteiger charge is -2.32. The molecule has 0 saturated heterocycles. The summed E-state index contributed by atoms with van der Waals surface area (Å²) in [6.45, 7) is 5.28. The minimum Gasteiger partial charge on any atom is -0.376 e. The lowest BCUT2D eigenvalue weighted by molar-refractivity contribution is -0.00527. The van der Waals surface area contributed by atoms with Crippen molar-refractivity contribution in [1.82, 2.24) is 0 Å². The molecule has 0 spiro atoms. The van der Waals surface area contributed by atoms with Crippen molar-refractivity contribution < 1.29 is 4.74 Å². The van der Waals surface area contributed by atoms with Crippen molar-refractivity contribution in [2.75, 3.05) is 6.61 Å². The Bertz CT molecular complexity index is 341. The predicted octanol–water partition coefficient (Wildman–Crippen LogP) is 3.53. The summed E-state index contributed by atoms with van der Waals surface area (Å²) in [5, 5.41) is 0. The predicted molar refractivity (Wildman–Crippen MR) is 75.3 cm³/mol. The van der Waals surface area contributed by atoms with Crippen LogP contribution in [0.2, 0.25) is 0 Å². The molecule has 0 amide bonds. The third-order valence-corrected chi connectivity index (χ3v) is 3.87. The van der Waals surface area contributed by atoms with Crippen LogP contribution in [0.3, 0.4) is 0 Å². The molecule has 100 valence electrons. The van der Waals surface area contributed by atoms with E-state index in [2.05, 4.69) is 26.0 Å². The van der Waals surface area contributed by atoms with E-state index in [0.29, 0.717) is 12.7 Å². The molecule has 1 fully saturated rings. The van der Waals surface area contributed by atoms with Gasteiger partial charge in [0.15, 0.2) is 0 Å². The standard InChI is InChI=1S/C16H25NO/c1-12-8-13(2)10-15(9-12)18-11-16(17)14-6-4-3-5-7-14/h3-7,12-13,15-16H,8-11,17H2,1-2H3. The van der Waals surface area contributed by atoms with Crippen LogP contribution in [0.25, 0.3) is 0 Å². The summed E-state index contributed by atoms with van der Waals surface area (Å²) < 4.78 is 6.01. The molecule has 1 aromatic carbocycles. The highest BCUT2D eigenvalue weighted by Crippen LogP contribution is 2.30. The van der Waals surface area contributed by atoms with Crippen LogP contribution in [0.15, 0.2) is 30.3 Å². The molecule has 0 heterocycles. The zero-order valence-corrected chi connectivity index (χ0v) is 11.5. The smallest absolute Gasteiger partial charge is 0.0663 e. The quantitative estimate of drug-likeness (QED) is 0.883. The Balaban J connectivity index is 1.81. The maximum Gasteiger partial charge on any atom is 0.0663 e. The molecule has 0 radical (unpaired) electrons. The molecule has 2 rings (SSSR count). The van der Waals surface area contributed by atoms with Gasteiger partial charge in [-0.05, 0) is 36.7 Å². The third kappa shape index (κ3) is 3.82. The van der Waals surface area contributed by atoms with E-state index >= 15 is 0 Å². The Labute approximate surface area is 111 Å². The van der Waals surface area contributed by atoms with Gasteiger partial charge in [-0.25, -0.2) is 0 Å². The Morgan fingerprint density at radius 2 is 1.72 bits per heavy atom. The highest BCUT2D eigenvalue weighted by atomic mass is 16.5. The van der Waals surface area contributed by atoms with Gasteiger partial charge < -0.3 is 10.5 Å². The van der Waals surface area contributed by atoms with Gasteiger partial charge >= 0.3 is 0 Å². The van der Waals surface area contributed by atoms with Crippen LogP contribution in [0, 0.1) is 11.8 Å². The van der Waals surface area contributed by atoms with Crippen LogP contribution in [0.1, 0.15) is 44.7 Å². The van der Waals surface area contributed by atoms with Gasteiger partial charge in [0.25, 0.3) is 0 Å². The number of hydrogen-bond acceptors (Lipinski definition) is 2. The van der Waals surface area contributed by atoms with E-state index in [9.17, 15) is 0 Å². The largest absolute Gasteiger partial charge is 0.376 e. The molecule has 18 heavy (non-hydrogen) atoms.